The van der Waals surface area contributed by atoms with Gasteiger partial charge in [0.25, 0.3) is 5.91 Å². The Kier molecular flexibility index (Phi) is 10.5. The van der Waals surface area contributed by atoms with Crippen LogP contribution in [0.1, 0.15) is 55.6 Å². The monoisotopic (exact) mass is 474 g/mol. The van der Waals surface area contributed by atoms with Gasteiger partial charge in [-0.2, -0.15) is 0 Å². The molecule has 8 N–H and O–H groups in total. The lowest BCUT2D eigenvalue weighted by molar-refractivity contribution is -0.140. The maximum atomic E-state index is 12.8. The third-order valence-corrected chi connectivity index (χ3v) is 5.51. The van der Waals surface area contributed by atoms with E-state index < -0.39 is 24.0 Å². The second kappa shape index (κ2) is 13.3. The van der Waals surface area contributed by atoms with E-state index in [0.29, 0.717) is 30.8 Å². The number of H-pyrrole nitrogens is 1. The predicted molar refractivity (Wildman–Crippen MR) is 127 cm³/mol. The average Bonchev–Trinajstić information content (AvgIpc) is 3.34. The first-order chi connectivity index (χ1) is 16.3. The molecule has 2 aromatic rings. The van der Waals surface area contributed by atoms with Crippen LogP contribution in [-0.2, 0) is 16.2 Å². The Balaban J connectivity index is 2.22. The highest BCUT2D eigenvalue weighted by atomic mass is 16.5. The molecule has 1 aromatic heterocycles. The number of nitrogens with zero attached hydrogens (tertiary/aromatic N) is 1. The van der Waals surface area contributed by atoms with Gasteiger partial charge in [0.15, 0.2) is 0 Å². The van der Waals surface area contributed by atoms with Gasteiger partial charge >= 0.3 is 5.97 Å². The standard InChI is InChI=1S/C23H34N6O5/c1-3-14(2)20(23(32)33)29-21(30)15-7-8-18(28-22(31)17(25)6-4-5-9-24)19(10-15)34-12-16-11-26-13-27-16/h7-8,10-11,13-14,17,20H,3-6,9,12,24-25H2,1-2H3,(H,26,27)(H,28,31)(H,29,30)(H,32,33)/t14-,17+,20+/m1/s1. The predicted octanol–water partition coefficient (Wildman–Crippen LogP) is 1.61. The Morgan fingerprint density at radius 1 is 1.26 bits per heavy atom. The van der Waals surface area contributed by atoms with E-state index in [4.69, 9.17) is 16.2 Å². The zero-order valence-electron chi connectivity index (χ0n) is 19.5. The minimum Gasteiger partial charge on any atom is -0.485 e. The Bertz CT molecular complexity index is 949. The summed E-state index contributed by atoms with van der Waals surface area (Å²) in [4.78, 5) is 43.8. The summed E-state index contributed by atoms with van der Waals surface area (Å²) < 4.78 is 5.83. The molecular formula is C23H34N6O5. The quantitative estimate of drug-likeness (QED) is 0.223. The molecule has 3 atom stereocenters. The van der Waals surface area contributed by atoms with E-state index in [-0.39, 0.29) is 29.7 Å². The summed E-state index contributed by atoms with van der Waals surface area (Å²) in [6.07, 6.45) is 5.68. The molecule has 1 aromatic carbocycles. The Hall–Kier alpha value is -3.44. The van der Waals surface area contributed by atoms with Gasteiger partial charge in [-0.1, -0.05) is 26.7 Å². The number of anilines is 1. The Morgan fingerprint density at radius 2 is 2.03 bits per heavy atom. The van der Waals surface area contributed by atoms with Crippen LogP contribution in [0.3, 0.4) is 0 Å². The van der Waals surface area contributed by atoms with Gasteiger partial charge in [0.2, 0.25) is 5.91 Å². The number of amides is 2. The summed E-state index contributed by atoms with van der Waals surface area (Å²) >= 11 is 0. The number of hydrogen-bond acceptors (Lipinski definition) is 7. The van der Waals surface area contributed by atoms with Crippen LogP contribution in [0.4, 0.5) is 5.69 Å². The molecule has 0 radical (unpaired) electrons. The molecule has 0 bridgehead atoms. The highest BCUT2D eigenvalue weighted by Crippen LogP contribution is 2.27. The first kappa shape index (κ1) is 26.8. The van der Waals surface area contributed by atoms with E-state index >= 15 is 0 Å². The van der Waals surface area contributed by atoms with Crippen molar-refractivity contribution in [2.45, 2.75) is 58.2 Å². The van der Waals surface area contributed by atoms with Crippen molar-refractivity contribution in [2.75, 3.05) is 11.9 Å². The normalized spacial score (nSPS) is 13.5. The summed E-state index contributed by atoms with van der Waals surface area (Å²) in [5, 5.41) is 14.8. The number of carboxylic acid groups (broad SMARTS) is 1. The molecule has 0 saturated carbocycles. The van der Waals surface area contributed by atoms with E-state index in [2.05, 4.69) is 20.6 Å². The van der Waals surface area contributed by atoms with Gasteiger partial charge in [0.1, 0.15) is 18.4 Å². The van der Waals surface area contributed by atoms with Crippen LogP contribution >= 0.6 is 0 Å². The van der Waals surface area contributed by atoms with E-state index in [1.165, 1.54) is 24.5 Å². The fourth-order valence-electron chi connectivity index (χ4n) is 3.18. The molecule has 0 saturated heterocycles. The van der Waals surface area contributed by atoms with E-state index in [0.717, 1.165) is 12.8 Å². The number of carboxylic acids is 1. The molecule has 186 valence electrons. The van der Waals surface area contributed by atoms with Crippen LogP contribution in [0.2, 0.25) is 0 Å². The van der Waals surface area contributed by atoms with Crippen molar-refractivity contribution in [3.05, 3.63) is 42.0 Å². The topological polar surface area (TPSA) is 185 Å². The Labute approximate surface area is 198 Å². The molecule has 0 aliphatic heterocycles. The molecule has 0 aliphatic rings. The number of aromatic nitrogens is 2. The average molecular weight is 475 g/mol. The molecule has 1 heterocycles. The number of hydrogen-bond donors (Lipinski definition) is 6. The maximum absolute atomic E-state index is 12.8. The second-order valence-electron chi connectivity index (χ2n) is 8.13. The van der Waals surface area contributed by atoms with Gasteiger partial charge in [-0.05, 0) is 43.5 Å². The van der Waals surface area contributed by atoms with E-state index in [1.807, 2.05) is 6.92 Å². The van der Waals surface area contributed by atoms with Crippen molar-refractivity contribution in [2.24, 2.45) is 17.4 Å². The number of aliphatic carboxylic acids is 1. The van der Waals surface area contributed by atoms with Crippen LogP contribution in [0.5, 0.6) is 5.75 Å². The zero-order valence-corrected chi connectivity index (χ0v) is 19.5. The smallest absolute Gasteiger partial charge is 0.326 e. The molecule has 34 heavy (non-hydrogen) atoms. The number of benzene rings is 1. The van der Waals surface area contributed by atoms with Gasteiger partial charge < -0.3 is 36.9 Å². The van der Waals surface area contributed by atoms with Crippen molar-refractivity contribution in [1.29, 1.82) is 0 Å². The van der Waals surface area contributed by atoms with Crippen LogP contribution < -0.4 is 26.8 Å². The largest absolute Gasteiger partial charge is 0.485 e. The number of nitrogens with two attached hydrogens (primary N) is 2. The van der Waals surface area contributed by atoms with Crippen molar-refractivity contribution in [3.63, 3.8) is 0 Å². The first-order valence-corrected chi connectivity index (χ1v) is 11.3. The number of nitrogens with one attached hydrogen (secondary N) is 3. The molecule has 0 aliphatic carbocycles. The summed E-state index contributed by atoms with van der Waals surface area (Å²) in [6.45, 7) is 4.25. The summed E-state index contributed by atoms with van der Waals surface area (Å²) in [5.74, 6) is -2.07. The maximum Gasteiger partial charge on any atom is 0.326 e. The van der Waals surface area contributed by atoms with Crippen LogP contribution in [0.25, 0.3) is 0 Å². The van der Waals surface area contributed by atoms with Crippen molar-refractivity contribution in [3.8, 4) is 5.75 Å². The lowest BCUT2D eigenvalue weighted by Gasteiger charge is -2.21. The summed E-state index contributed by atoms with van der Waals surface area (Å²) in [6, 6.07) is 2.72. The van der Waals surface area contributed by atoms with Gasteiger partial charge in [-0.25, -0.2) is 9.78 Å². The minimum atomic E-state index is -1.11. The van der Waals surface area contributed by atoms with Crippen LogP contribution in [0.15, 0.2) is 30.7 Å². The second-order valence-corrected chi connectivity index (χ2v) is 8.13. The lowest BCUT2D eigenvalue weighted by Crippen LogP contribution is -2.45. The number of imidazole rings is 1. The fourth-order valence-corrected chi connectivity index (χ4v) is 3.18. The molecule has 11 nitrogen and oxygen atoms in total. The van der Waals surface area contributed by atoms with Crippen molar-refractivity contribution in [1.82, 2.24) is 15.3 Å². The van der Waals surface area contributed by atoms with Crippen molar-refractivity contribution < 1.29 is 24.2 Å². The minimum absolute atomic E-state index is 0.112. The lowest BCUT2D eigenvalue weighted by atomic mass is 9.99. The van der Waals surface area contributed by atoms with Crippen molar-refractivity contribution >= 4 is 23.5 Å². The van der Waals surface area contributed by atoms with Gasteiger partial charge in [-0.3, -0.25) is 9.59 Å². The van der Waals surface area contributed by atoms with Gasteiger partial charge in [0, 0.05) is 5.56 Å². The number of ether oxygens (including phenoxy) is 1. The molecule has 2 rings (SSSR count). The third kappa shape index (κ3) is 7.85. The molecule has 2 amide bonds. The molecule has 0 spiro atoms. The van der Waals surface area contributed by atoms with Gasteiger partial charge in [0.05, 0.1) is 29.9 Å². The first-order valence-electron chi connectivity index (χ1n) is 11.3. The van der Waals surface area contributed by atoms with Crippen LogP contribution in [-0.4, -0.2) is 51.5 Å². The highest BCUT2D eigenvalue weighted by Gasteiger charge is 2.26. The summed E-state index contributed by atoms with van der Waals surface area (Å²) in [7, 11) is 0. The van der Waals surface area contributed by atoms with Crippen LogP contribution in [0, 0.1) is 5.92 Å². The highest BCUT2D eigenvalue weighted by molar-refractivity contribution is 5.99. The third-order valence-electron chi connectivity index (χ3n) is 5.51. The van der Waals surface area contributed by atoms with Gasteiger partial charge in [-0.15, -0.1) is 0 Å². The molecule has 0 fully saturated rings. The summed E-state index contributed by atoms with van der Waals surface area (Å²) in [5.41, 5.74) is 12.7. The molecular weight excluding hydrogens is 440 g/mol. The van der Waals surface area contributed by atoms with E-state index in [1.54, 1.807) is 13.1 Å². The number of carbonyl (C=O) groups excluding carboxylic acids is 2. The fraction of sp³-hybridized carbons (Fsp3) is 0.478. The van der Waals surface area contributed by atoms with E-state index in [9.17, 15) is 19.5 Å². The number of unbranched alkanes of at least 4 members (excludes halogenated alkanes) is 1. The number of aromatic amines is 1. The molecule has 11 heteroatoms. The number of carbonyl (C=O) groups is 3. The number of rotatable bonds is 14. The molecule has 0 unspecified atom stereocenters. The Morgan fingerprint density at radius 3 is 2.65 bits per heavy atom. The SMILES string of the molecule is CC[C@@H](C)[C@H](NC(=O)c1ccc(NC(=O)[C@@H](N)CCCCN)c(OCc2cnc[nH]2)c1)C(=O)O. The zero-order chi connectivity index (χ0) is 25.1.